The lowest BCUT2D eigenvalue weighted by Crippen LogP contribution is -2.15. The summed E-state index contributed by atoms with van der Waals surface area (Å²) in [4.78, 5) is 0. The lowest BCUT2D eigenvalue weighted by Gasteiger charge is -2.15. The molecular formula is C14H16F3N7. The molecule has 24 heavy (non-hydrogen) atoms. The maximum absolute atomic E-state index is 12.9. The molecule has 0 fully saturated rings. The molecule has 128 valence electrons. The summed E-state index contributed by atoms with van der Waals surface area (Å²) in [5.74, 6) is -0.856. The topological polar surface area (TPSA) is 72.9 Å². The van der Waals surface area contributed by atoms with Gasteiger partial charge in [0, 0.05) is 18.3 Å². The van der Waals surface area contributed by atoms with Gasteiger partial charge in [0.25, 0.3) is 5.82 Å². The molecule has 0 amide bonds. The summed E-state index contributed by atoms with van der Waals surface area (Å²) in [7, 11) is 1.84. The molecule has 3 rings (SSSR count). The molecule has 3 aromatic rings. The van der Waals surface area contributed by atoms with Crippen molar-refractivity contribution < 1.29 is 13.2 Å². The van der Waals surface area contributed by atoms with E-state index in [1.165, 1.54) is 6.07 Å². The number of anilines is 1. The van der Waals surface area contributed by atoms with Gasteiger partial charge in [0.05, 0.1) is 11.7 Å². The first kappa shape index (κ1) is 16.2. The zero-order valence-electron chi connectivity index (χ0n) is 13.5. The van der Waals surface area contributed by atoms with Crippen molar-refractivity contribution in [1.82, 2.24) is 29.6 Å². The van der Waals surface area contributed by atoms with Crippen LogP contribution in [0.15, 0.2) is 12.1 Å². The molecule has 0 aromatic carbocycles. The van der Waals surface area contributed by atoms with Gasteiger partial charge in [0.2, 0.25) is 0 Å². The zero-order chi connectivity index (χ0) is 17.6. The van der Waals surface area contributed by atoms with Crippen LogP contribution in [0.1, 0.15) is 35.7 Å². The zero-order valence-corrected chi connectivity index (χ0v) is 13.5. The standard InChI is InChI=1S/C14H16F3N7/c1-7(12-8(2)21-23(4)9(12)3)18-10-5-6-11-19-20-13(14(15,16)17)24(11)22-10/h5-7H,1-4H3,(H,18,22)/t7-/m1/s1. The fourth-order valence-electron chi connectivity index (χ4n) is 2.75. The van der Waals surface area contributed by atoms with Gasteiger partial charge in [-0.1, -0.05) is 0 Å². The highest BCUT2D eigenvalue weighted by Gasteiger charge is 2.37. The molecule has 10 heteroatoms. The van der Waals surface area contributed by atoms with Gasteiger partial charge in [-0.15, -0.1) is 15.3 Å². The number of nitrogens with one attached hydrogen (secondary N) is 1. The maximum Gasteiger partial charge on any atom is 0.453 e. The summed E-state index contributed by atoms with van der Waals surface area (Å²) in [6, 6.07) is 2.84. The normalized spacial score (nSPS) is 13.5. The summed E-state index contributed by atoms with van der Waals surface area (Å²) in [5, 5.41) is 18.1. The van der Waals surface area contributed by atoms with Crippen molar-refractivity contribution in [3.63, 3.8) is 0 Å². The SMILES string of the molecule is Cc1nn(C)c(C)c1[C@@H](C)Nc1ccc2nnc(C(F)(F)F)n2n1. The Kier molecular flexibility index (Phi) is 3.69. The second-order valence-electron chi connectivity index (χ2n) is 5.58. The van der Waals surface area contributed by atoms with E-state index >= 15 is 0 Å². The smallest absolute Gasteiger partial charge is 0.362 e. The Labute approximate surface area is 135 Å². The van der Waals surface area contributed by atoms with Crippen molar-refractivity contribution >= 4 is 11.5 Å². The first-order valence-corrected chi connectivity index (χ1v) is 7.24. The summed E-state index contributed by atoms with van der Waals surface area (Å²) in [6.07, 6.45) is -4.62. The van der Waals surface area contributed by atoms with E-state index in [9.17, 15) is 13.2 Å². The minimum Gasteiger partial charge on any atom is -0.362 e. The van der Waals surface area contributed by atoms with Gasteiger partial charge in [-0.25, -0.2) is 0 Å². The fourth-order valence-corrected chi connectivity index (χ4v) is 2.75. The predicted octanol–water partition coefficient (Wildman–Crippen LogP) is 2.67. The lowest BCUT2D eigenvalue weighted by molar-refractivity contribution is -0.146. The molecule has 1 atom stereocenters. The number of aromatic nitrogens is 6. The lowest BCUT2D eigenvalue weighted by atomic mass is 10.1. The van der Waals surface area contributed by atoms with Crippen LogP contribution in [0.2, 0.25) is 0 Å². The van der Waals surface area contributed by atoms with Gasteiger partial charge >= 0.3 is 6.18 Å². The van der Waals surface area contributed by atoms with Crippen LogP contribution >= 0.6 is 0 Å². The number of halogens is 3. The number of fused-ring (bicyclic) bond motifs is 1. The van der Waals surface area contributed by atoms with Crippen LogP contribution in [-0.2, 0) is 13.2 Å². The average molecular weight is 339 g/mol. The van der Waals surface area contributed by atoms with Crippen LogP contribution < -0.4 is 5.32 Å². The fraction of sp³-hybridized carbons (Fsp3) is 0.429. The molecule has 7 nitrogen and oxygen atoms in total. The quantitative estimate of drug-likeness (QED) is 0.794. The molecule has 0 aliphatic heterocycles. The van der Waals surface area contributed by atoms with Gasteiger partial charge in [-0.2, -0.15) is 22.8 Å². The van der Waals surface area contributed by atoms with E-state index in [0.717, 1.165) is 17.0 Å². The maximum atomic E-state index is 12.9. The van der Waals surface area contributed by atoms with Gasteiger partial charge in [-0.05, 0) is 32.9 Å². The van der Waals surface area contributed by atoms with E-state index in [1.54, 1.807) is 10.7 Å². The van der Waals surface area contributed by atoms with Crippen LogP contribution in [0.5, 0.6) is 0 Å². The second kappa shape index (κ2) is 5.46. The predicted molar refractivity (Wildman–Crippen MR) is 80.5 cm³/mol. The second-order valence-corrected chi connectivity index (χ2v) is 5.58. The van der Waals surface area contributed by atoms with Gasteiger partial charge < -0.3 is 5.32 Å². The highest BCUT2D eigenvalue weighted by Crippen LogP contribution is 2.28. The molecule has 0 saturated heterocycles. The first-order valence-electron chi connectivity index (χ1n) is 7.24. The van der Waals surface area contributed by atoms with Crippen LogP contribution in [0.3, 0.4) is 0 Å². The summed E-state index contributed by atoms with van der Waals surface area (Å²) >= 11 is 0. The number of nitrogens with zero attached hydrogens (tertiary/aromatic N) is 6. The third-order valence-electron chi connectivity index (χ3n) is 3.88. The highest BCUT2D eigenvalue weighted by molar-refractivity contribution is 5.46. The Morgan fingerprint density at radius 2 is 1.83 bits per heavy atom. The van der Waals surface area contributed by atoms with E-state index in [1.807, 2.05) is 27.8 Å². The molecule has 0 bridgehead atoms. The summed E-state index contributed by atoms with van der Waals surface area (Å²) < 4.78 is 41.2. The van der Waals surface area contributed by atoms with Crippen molar-refractivity contribution in [2.45, 2.75) is 33.0 Å². The number of hydrogen-bond acceptors (Lipinski definition) is 5. The molecular weight excluding hydrogens is 323 g/mol. The highest BCUT2D eigenvalue weighted by atomic mass is 19.4. The molecule has 0 aliphatic rings. The van der Waals surface area contributed by atoms with E-state index in [2.05, 4.69) is 25.7 Å². The van der Waals surface area contributed by atoms with E-state index in [4.69, 9.17) is 0 Å². The largest absolute Gasteiger partial charge is 0.453 e. The Bertz CT molecular complexity index is 894. The number of aryl methyl sites for hydroxylation is 2. The minimum atomic E-state index is -4.62. The molecule has 0 unspecified atom stereocenters. The van der Waals surface area contributed by atoms with Gasteiger partial charge in [-0.3, -0.25) is 4.68 Å². The Balaban J connectivity index is 1.95. The molecule has 3 heterocycles. The summed E-state index contributed by atoms with van der Waals surface area (Å²) in [5.41, 5.74) is 2.86. The minimum absolute atomic E-state index is 0.0364. The number of hydrogen-bond donors (Lipinski definition) is 1. The van der Waals surface area contributed by atoms with Crippen molar-refractivity contribution in [1.29, 1.82) is 0 Å². The van der Waals surface area contributed by atoms with E-state index in [0.29, 0.717) is 10.3 Å². The molecule has 1 N–H and O–H groups in total. The third kappa shape index (κ3) is 2.68. The molecule has 0 radical (unpaired) electrons. The van der Waals surface area contributed by atoms with Crippen molar-refractivity contribution in [3.05, 3.63) is 34.9 Å². The van der Waals surface area contributed by atoms with Crippen molar-refractivity contribution in [3.8, 4) is 0 Å². The van der Waals surface area contributed by atoms with E-state index < -0.39 is 12.0 Å². The first-order chi connectivity index (χ1) is 11.2. The van der Waals surface area contributed by atoms with Crippen LogP contribution in [0.4, 0.5) is 19.0 Å². The van der Waals surface area contributed by atoms with E-state index in [-0.39, 0.29) is 11.7 Å². The van der Waals surface area contributed by atoms with Crippen molar-refractivity contribution in [2.24, 2.45) is 7.05 Å². The monoisotopic (exact) mass is 339 g/mol. The Morgan fingerprint density at radius 3 is 2.42 bits per heavy atom. The Morgan fingerprint density at radius 1 is 1.12 bits per heavy atom. The number of rotatable bonds is 3. The van der Waals surface area contributed by atoms with Crippen LogP contribution in [-0.4, -0.2) is 29.6 Å². The molecule has 0 saturated carbocycles. The van der Waals surface area contributed by atoms with Crippen molar-refractivity contribution in [2.75, 3.05) is 5.32 Å². The van der Waals surface area contributed by atoms with Crippen LogP contribution in [0, 0.1) is 13.8 Å². The number of alkyl halides is 3. The van der Waals surface area contributed by atoms with Gasteiger partial charge in [0.15, 0.2) is 5.65 Å². The summed E-state index contributed by atoms with van der Waals surface area (Å²) in [6.45, 7) is 5.73. The molecule has 3 aromatic heterocycles. The molecule has 0 spiro atoms. The third-order valence-corrected chi connectivity index (χ3v) is 3.88. The molecule has 0 aliphatic carbocycles. The van der Waals surface area contributed by atoms with Gasteiger partial charge in [0.1, 0.15) is 5.82 Å². The van der Waals surface area contributed by atoms with Crippen LogP contribution in [0.25, 0.3) is 5.65 Å². The average Bonchev–Trinajstić information content (AvgIpc) is 2.99. The Hall–Kier alpha value is -2.65.